The number of benzene rings is 1. The lowest BCUT2D eigenvalue weighted by Gasteiger charge is -2.03. The number of ether oxygens (including phenoxy) is 1. The van der Waals surface area contributed by atoms with Crippen molar-refractivity contribution in [1.29, 1.82) is 0 Å². The molecule has 1 aromatic rings. The summed E-state index contributed by atoms with van der Waals surface area (Å²) >= 11 is 0. The van der Waals surface area contributed by atoms with E-state index in [-0.39, 0.29) is 18.2 Å². The molecule has 0 aliphatic rings. The van der Waals surface area contributed by atoms with E-state index in [4.69, 9.17) is 15.6 Å². The van der Waals surface area contributed by atoms with Gasteiger partial charge < -0.3 is 15.6 Å². The minimum absolute atomic E-state index is 0. The molecule has 0 radical (unpaired) electrons. The van der Waals surface area contributed by atoms with Crippen LogP contribution in [0.15, 0.2) is 24.3 Å². The lowest BCUT2D eigenvalue weighted by Crippen LogP contribution is -2.10. The molecule has 0 aliphatic heterocycles. The third-order valence-corrected chi connectivity index (χ3v) is 1.20. The molecule has 0 heterocycles. The van der Waals surface area contributed by atoms with Crippen LogP contribution in [0.1, 0.15) is 0 Å². The van der Waals surface area contributed by atoms with Crippen molar-refractivity contribution < 1.29 is 9.84 Å². The van der Waals surface area contributed by atoms with Crippen molar-refractivity contribution in [1.82, 2.24) is 0 Å². The fourth-order valence-corrected chi connectivity index (χ4v) is 0.750. The largest absolute Gasteiger partial charge is 0.508 e. The predicted octanol–water partition coefficient (Wildman–Crippen LogP) is 1.15. The van der Waals surface area contributed by atoms with Crippen molar-refractivity contribution in [2.24, 2.45) is 5.73 Å². The fourth-order valence-electron chi connectivity index (χ4n) is 0.750. The van der Waals surface area contributed by atoms with E-state index in [0.29, 0.717) is 18.9 Å². The Hall–Kier alpha value is -0.930. The van der Waals surface area contributed by atoms with Crippen molar-refractivity contribution in [2.75, 3.05) is 13.2 Å². The van der Waals surface area contributed by atoms with Gasteiger partial charge in [-0.1, -0.05) is 6.07 Å². The van der Waals surface area contributed by atoms with Crippen LogP contribution in [0.2, 0.25) is 0 Å². The Morgan fingerprint density at radius 1 is 1.42 bits per heavy atom. The van der Waals surface area contributed by atoms with Gasteiger partial charge in [-0.25, -0.2) is 0 Å². The smallest absolute Gasteiger partial charge is 0.123 e. The zero-order valence-corrected chi connectivity index (χ0v) is 7.38. The SMILES string of the molecule is Cl.NCCOc1cccc(O)c1. The highest BCUT2D eigenvalue weighted by molar-refractivity contribution is 5.85. The Morgan fingerprint density at radius 3 is 2.75 bits per heavy atom. The van der Waals surface area contributed by atoms with Gasteiger partial charge in [0.1, 0.15) is 18.1 Å². The molecule has 12 heavy (non-hydrogen) atoms. The second-order valence-corrected chi connectivity index (χ2v) is 2.13. The molecule has 0 aromatic heterocycles. The fraction of sp³-hybridized carbons (Fsp3) is 0.250. The number of rotatable bonds is 3. The third-order valence-electron chi connectivity index (χ3n) is 1.20. The first-order valence-corrected chi connectivity index (χ1v) is 3.45. The molecule has 1 aromatic carbocycles. The maximum absolute atomic E-state index is 9.00. The van der Waals surface area contributed by atoms with Crippen LogP contribution in [-0.2, 0) is 0 Å². The van der Waals surface area contributed by atoms with Gasteiger partial charge >= 0.3 is 0 Å². The van der Waals surface area contributed by atoms with E-state index in [1.807, 2.05) is 0 Å². The van der Waals surface area contributed by atoms with E-state index in [0.717, 1.165) is 0 Å². The van der Waals surface area contributed by atoms with E-state index in [9.17, 15) is 0 Å². The van der Waals surface area contributed by atoms with Crippen LogP contribution in [-0.4, -0.2) is 18.3 Å². The van der Waals surface area contributed by atoms with Crippen molar-refractivity contribution in [3.05, 3.63) is 24.3 Å². The summed E-state index contributed by atoms with van der Waals surface area (Å²) in [6.45, 7) is 0.957. The molecule has 0 bridgehead atoms. The van der Waals surface area contributed by atoms with E-state index in [2.05, 4.69) is 0 Å². The molecule has 1 rings (SSSR count). The maximum atomic E-state index is 9.00. The molecule has 68 valence electrons. The highest BCUT2D eigenvalue weighted by atomic mass is 35.5. The standard InChI is InChI=1S/C8H11NO2.ClH/c9-4-5-11-8-3-1-2-7(10)6-8;/h1-3,6,10H,4-5,9H2;1H. The lowest BCUT2D eigenvalue weighted by molar-refractivity contribution is 0.326. The van der Waals surface area contributed by atoms with E-state index in [1.54, 1.807) is 24.3 Å². The predicted molar refractivity (Wildman–Crippen MR) is 49.9 cm³/mol. The molecule has 0 fully saturated rings. The molecule has 0 saturated carbocycles. The minimum atomic E-state index is 0. The number of halogens is 1. The number of phenols is 1. The second-order valence-electron chi connectivity index (χ2n) is 2.13. The normalized spacial score (nSPS) is 8.75. The van der Waals surface area contributed by atoms with Gasteiger partial charge in [-0.15, -0.1) is 12.4 Å². The number of hydrogen-bond donors (Lipinski definition) is 2. The van der Waals surface area contributed by atoms with Gasteiger partial charge in [0, 0.05) is 12.6 Å². The van der Waals surface area contributed by atoms with Gasteiger partial charge in [-0.2, -0.15) is 0 Å². The molecule has 4 heteroatoms. The van der Waals surface area contributed by atoms with Crippen LogP contribution in [0.5, 0.6) is 11.5 Å². The van der Waals surface area contributed by atoms with Gasteiger partial charge in [-0.05, 0) is 12.1 Å². The molecule has 0 amide bonds. The van der Waals surface area contributed by atoms with Gasteiger partial charge in [0.25, 0.3) is 0 Å². The molecule has 3 N–H and O–H groups in total. The number of aromatic hydroxyl groups is 1. The Labute approximate surface area is 77.6 Å². The van der Waals surface area contributed by atoms with Crippen LogP contribution < -0.4 is 10.5 Å². The van der Waals surface area contributed by atoms with Gasteiger partial charge in [0.2, 0.25) is 0 Å². The van der Waals surface area contributed by atoms with Gasteiger partial charge in [-0.3, -0.25) is 0 Å². The summed E-state index contributed by atoms with van der Waals surface area (Å²) in [4.78, 5) is 0. The first-order valence-electron chi connectivity index (χ1n) is 3.45. The molecule has 0 unspecified atom stereocenters. The van der Waals surface area contributed by atoms with E-state index in [1.165, 1.54) is 0 Å². The highest BCUT2D eigenvalue weighted by Gasteiger charge is 1.92. The van der Waals surface area contributed by atoms with Crippen molar-refractivity contribution in [2.45, 2.75) is 0 Å². The quantitative estimate of drug-likeness (QED) is 0.750. The minimum Gasteiger partial charge on any atom is -0.508 e. The first-order chi connectivity index (χ1) is 5.33. The van der Waals surface area contributed by atoms with Gasteiger partial charge in [0.05, 0.1) is 0 Å². The zero-order chi connectivity index (χ0) is 8.10. The van der Waals surface area contributed by atoms with Crippen LogP contribution >= 0.6 is 12.4 Å². The Balaban J connectivity index is 0.00000121. The molecule has 0 atom stereocenters. The second kappa shape index (κ2) is 5.69. The summed E-state index contributed by atoms with van der Waals surface area (Å²) in [5, 5.41) is 9.00. The van der Waals surface area contributed by atoms with E-state index < -0.39 is 0 Å². The van der Waals surface area contributed by atoms with Crippen LogP contribution in [0.3, 0.4) is 0 Å². The topological polar surface area (TPSA) is 55.5 Å². The molecule has 0 spiro atoms. The molecular formula is C8H12ClNO2. The van der Waals surface area contributed by atoms with E-state index >= 15 is 0 Å². The zero-order valence-electron chi connectivity index (χ0n) is 6.56. The maximum Gasteiger partial charge on any atom is 0.123 e. The Bertz CT molecular complexity index is 230. The summed E-state index contributed by atoms with van der Waals surface area (Å²) in [6.07, 6.45) is 0. The third kappa shape index (κ3) is 3.46. The van der Waals surface area contributed by atoms with Crippen molar-refractivity contribution in [3.8, 4) is 11.5 Å². The molecule has 0 aliphatic carbocycles. The Morgan fingerprint density at radius 2 is 2.17 bits per heavy atom. The van der Waals surface area contributed by atoms with Crippen molar-refractivity contribution in [3.63, 3.8) is 0 Å². The summed E-state index contributed by atoms with van der Waals surface area (Å²) < 4.78 is 5.15. The number of phenolic OH excluding ortho intramolecular Hbond substituents is 1. The average Bonchev–Trinajstić information content (AvgIpc) is 2.01. The summed E-state index contributed by atoms with van der Waals surface area (Å²) in [6, 6.07) is 6.64. The first kappa shape index (κ1) is 11.1. The molecule has 3 nitrogen and oxygen atoms in total. The number of hydrogen-bond acceptors (Lipinski definition) is 3. The Kier molecular flexibility index (Phi) is 5.25. The van der Waals surface area contributed by atoms with Crippen LogP contribution in [0, 0.1) is 0 Å². The summed E-state index contributed by atoms with van der Waals surface area (Å²) in [5.41, 5.74) is 5.23. The van der Waals surface area contributed by atoms with Crippen molar-refractivity contribution >= 4 is 12.4 Å². The monoisotopic (exact) mass is 189 g/mol. The molecule has 0 saturated heterocycles. The average molecular weight is 190 g/mol. The summed E-state index contributed by atoms with van der Waals surface area (Å²) in [5.74, 6) is 0.856. The highest BCUT2D eigenvalue weighted by Crippen LogP contribution is 2.16. The van der Waals surface area contributed by atoms with Gasteiger partial charge in [0.15, 0.2) is 0 Å². The van der Waals surface area contributed by atoms with Crippen LogP contribution in [0.4, 0.5) is 0 Å². The lowest BCUT2D eigenvalue weighted by atomic mass is 10.3. The summed E-state index contributed by atoms with van der Waals surface area (Å²) in [7, 11) is 0. The number of nitrogens with two attached hydrogens (primary N) is 1. The molecular weight excluding hydrogens is 178 g/mol. The van der Waals surface area contributed by atoms with Crippen LogP contribution in [0.25, 0.3) is 0 Å².